The Balaban J connectivity index is 1.44. The minimum Gasteiger partial charge on any atom is -0.339 e. The lowest BCUT2D eigenvalue weighted by molar-refractivity contribution is -0.131. The van der Waals surface area contributed by atoms with Crippen LogP contribution in [0.4, 0.5) is 5.69 Å². The molecule has 1 fully saturated rings. The summed E-state index contributed by atoms with van der Waals surface area (Å²) in [5, 5.41) is 0. The van der Waals surface area contributed by atoms with Gasteiger partial charge in [0.25, 0.3) is 10.0 Å². The summed E-state index contributed by atoms with van der Waals surface area (Å²) in [6.45, 7) is 7.16. The molecule has 1 aliphatic rings. The van der Waals surface area contributed by atoms with Crippen LogP contribution in [0.25, 0.3) is 6.08 Å². The number of sulfonamides is 1. The van der Waals surface area contributed by atoms with E-state index in [9.17, 15) is 13.2 Å². The molecule has 0 bridgehead atoms. The minimum atomic E-state index is -3.90. The van der Waals surface area contributed by atoms with Gasteiger partial charge in [-0.15, -0.1) is 0 Å². The van der Waals surface area contributed by atoms with Gasteiger partial charge in [0.2, 0.25) is 5.91 Å². The zero-order valence-electron chi connectivity index (χ0n) is 20.9. The molecule has 3 aromatic rings. The molecule has 6 nitrogen and oxygen atoms in total. The summed E-state index contributed by atoms with van der Waals surface area (Å²) in [4.78, 5) is 17.5. The number of anilines is 1. The maximum absolute atomic E-state index is 13.6. The molecule has 0 radical (unpaired) electrons. The van der Waals surface area contributed by atoms with E-state index >= 15 is 0 Å². The van der Waals surface area contributed by atoms with Gasteiger partial charge in [-0.05, 0) is 54.8 Å². The van der Waals surface area contributed by atoms with Crippen molar-refractivity contribution >= 4 is 27.7 Å². The highest BCUT2D eigenvalue weighted by Crippen LogP contribution is 2.26. The van der Waals surface area contributed by atoms with E-state index in [1.807, 2.05) is 44.2 Å². The van der Waals surface area contributed by atoms with E-state index in [1.165, 1.54) is 4.31 Å². The van der Waals surface area contributed by atoms with Crippen LogP contribution < -0.4 is 4.31 Å². The molecular formula is C29H33N3O3S. The predicted molar refractivity (Wildman–Crippen MR) is 145 cm³/mol. The van der Waals surface area contributed by atoms with E-state index in [0.29, 0.717) is 18.8 Å². The lowest BCUT2D eigenvalue weighted by atomic mass is 10.1. The van der Waals surface area contributed by atoms with Crippen molar-refractivity contribution < 1.29 is 13.2 Å². The minimum absolute atomic E-state index is 0.172. The zero-order chi connectivity index (χ0) is 25.5. The van der Waals surface area contributed by atoms with E-state index in [-0.39, 0.29) is 17.3 Å². The number of nitrogens with zero attached hydrogens (tertiary/aromatic N) is 3. The van der Waals surface area contributed by atoms with Crippen LogP contribution in [-0.2, 0) is 14.8 Å². The fraction of sp³-hybridized carbons (Fsp3) is 0.276. The number of benzene rings is 3. The van der Waals surface area contributed by atoms with Crippen molar-refractivity contribution in [2.45, 2.75) is 18.7 Å². The lowest BCUT2D eigenvalue weighted by Gasteiger charge is -2.35. The first kappa shape index (κ1) is 25.7. The molecular weight excluding hydrogens is 470 g/mol. The second-order valence-corrected chi connectivity index (χ2v) is 11.0. The molecule has 7 heteroatoms. The highest BCUT2D eigenvalue weighted by molar-refractivity contribution is 7.92. The third-order valence-corrected chi connectivity index (χ3v) is 8.38. The second-order valence-electron chi connectivity index (χ2n) is 9.09. The molecule has 1 saturated heterocycles. The summed E-state index contributed by atoms with van der Waals surface area (Å²) >= 11 is 0. The van der Waals surface area contributed by atoms with Gasteiger partial charge in [-0.25, -0.2) is 8.42 Å². The summed E-state index contributed by atoms with van der Waals surface area (Å²) in [5.41, 5.74) is 3.71. The Hall–Kier alpha value is -3.42. The van der Waals surface area contributed by atoms with Crippen LogP contribution in [0.3, 0.4) is 0 Å². The Labute approximate surface area is 214 Å². The maximum Gasteiger partial charge on any atom is 0.264 e. The Bertz CT molecular complexity index is 1300. The smallest absolute Gasteiger partial charge is 0.264 e. The number of hydrogen-bond acceptors (Lipinski definition) is 4. The molecule has 0 N–H and O–H groups in total. The number of amides is 1. The van der Waals surface area contributed by atoms with Crippen LogP contribution in [-0.4, -0.2) is 63.4 Å². The molecule has 1 amide bonds. The van der Waals surface area contributed by atoms with Gasteiger partial charge in [-0.3, -0.25) is 14.0 Å². The average molecular weight is 504 g/mol. The number of carbonyl (C=O) groups excluding carboxylic acids is 1. The summed E-state index contributed by atoms with van der Waals surface area (Å²) in [6, 6.07) is 24.0. The number of carbonyl (C=O) groups is 1. The molecule has 0 spiro atoms. The van der Waals surface area contributed by atoms with Gasteiger partial charge >= 0.3 is 0 Å². The van der Waals surface area contributed by atoms with Crippen molar-refractivity contribution in [3.05, 3.63) is 102 Å². The first-order valence-corrected chi connectivity index (χ1v) is 13.7. The highest BCUT2D eigenvalue weighted by Gasteiger charge is 2.30. The summed E-state index contributed by atoms with van der Waals surface area (Å²) in [7, 11) is -3.90. The normalized spacial score (nSPS) is 14.8. The predicted octanol–water partition coefficient (Wildman–Crippen LogP) is 4.36. The van der Waals surface area contributed by atoms with E-state index < -0.39 is 10.0 Å². The largest absolute Gasteiger partial charge is 0.339 e. The van der Waals surface area contributed by atoms with E-state index in [4.69, 9.17) is 0 Å². The van der Waals surface area contributed by atoms with Crippen LogP contribution >= 0.6 is 0 Å². The molecule has 0 atom stereocenters. The Morgan fingerprint density at radius 2 is 1.50 bits per heavy atom. The monoisotopic (exact) mass is 503 g/mol. The number of aryl methyl sites for hydroxylation is 2. The van der Waals surface area contributed by atoms with Crippen molar-refractivity contribution in [1.29, 1.82) is 0 Å². The third kappa shape index (κ3) is 6.22. The quantitative estimate of drug-likeness (QED) is 0.458. The Morgan fingerprint density at radius 1 is 0.861 bits per heavy atom. The molecule has 0 aliphatic carbocycles. The molecule has 188 valence electrons. The molecule has 1 aliphatic heterocycles. The third-order valence-electron chi connectivity index (χ3n) is 6.59. The van der Waals surface area contributed by atoms with Gasteiger partial charge in [0.1, 0.15) is 6.54 Å². The Morgan fingerprint density at radius 3 is 2.14 bits per heavy atom. The van der Waals surface area contributed by atoms with Crippen LogP contribution in [0.1, 0.15) is 16.7 Å². The summed E-state index contributed by atoms with van der Waals surface area (Å²) in [5.74, 6) is -0.188. The first-order valence-electron chi connectivity index (χ1n) is 12.2. The van der Waals surface area contributed by atoms with E-state index in [0.717, 1.165) is 36.3 Å². The van der Waals surface area contributed by atoms with E-state index in [1.54, 1.807) is 41.3 Å². The zero-order valence-corrected chi connectivity index (χ0v) is 21.7. The fourth-order valence-corrected chi connectivity index (χ4v) is 5.65. The van der Waals surface area contributed by atoms with Gasteiger partial charge in [-0.2, -0.15) is 0 Å². The molecule has 1 heterocycles. The second kappa shape index (κ2) is 11.5. The van der Waals surface area contributed by atoms with E-state index in [2.05, 4.69) is 29.2 Å². The SMILES string of the molecule is Cc1ccc(N(CC(=O)N2CCN(C/C=C/c3ccccc3)CC2)S(=O)(=O)c2ccccc2)cc1C. The van der Waals surface area contributed by atoms with Crippen molar-refractivity contribution in [2.75, 3.05) is 43.6 Å². The number of rotatable bonds is 8. The molecule has 36 heavy (non-hydrogen) atoms. The van der Waals surface area contributed by atoms with Gasteiger partial charge in [0, 0.05) is 32.7 Å². The summed E-state index contributed by atoms with van der Waals surface area (Å²) in [6.07, 6.45) is 4.24. The molecule has 0 unspecified atom stereocenters. The molecule has 0 aromatic heterocycles. The van der Waals surface area contributed by atoms with Crippen LogP contribution in [0.5, 0.6) is 0 Å². The summed E-state index contributed by atoms with van der Waals surface area (Å²) < 4.78 is 28.4. The molecule has 4 rings (SSSR count). The van der Waals surface area contributed by atoms with Crippen LogP contribution in [0.15, 0.2) is 89.8 Å². The highest BCUT2D eigenvalue weighted by atomic mass is 32.2. The fourth-order valence-electron chi connectivity index (χ4n) is 4.22. The topological polar surface area (TPSA) is 60.9 Å². The van der Waals surface area contributed by atoms with Gasteiger partial charge in [0.05, 0.1) is 10.6 Å². The Kier molecular flexibility index (Phi) is 8.23. The molecule has 0 saturated carbocycles. The number of piperazine rings is 1. The van der Waals surface area contributed by atoms with Gasteiger partial charge < -0.3 is 4.90 Å². The lowest BCUT2D eigenvalue weighted by Crippen LogP contribution is -2.51. The van der Waals surface area contributed by atoms with Crippen LogP contribution in [0.2, 0.25) is 0 Å². The van der Waals surface area contributed by atoms with Crippen molar-refractivity contribution in [3.8, 4) is 0 Å². The van der Waals surface area contributed by atoms with Crippen molar-refractivity contribution in [1.82, 2.24) is 9.80 Å². The van der Waals surface area contributed by atoms with Gasteiger partial charge in [0.15, 0.2) is 0 Å². The van der Waals surface area contributed by atoms with Crippen molar-refractivity contribution in [3.63, 3.8) is 0 Å². The number of hydrogen-bond donors (Lipinski definition) is 0. The first-order chi connectivity index (χ1) is 17.3. The standard InChI is InChI=1S/C29H33N3O3S/c1-24-15-16-27(22-25(24)2)32(36(34,35)28-13-7-4-8-14-28)23-29(33)31-20-18-30(19-21-31)17-9-12-26-10-5-3-6-11-26/h3-16,22H,17-21,23H2,1-2H3/b12-9+. The van der Waals surface area contributed by atoms with Gasteiger partial charge in [-0.1, -0.05) is 66.7 Å². The molecule has 3 aromatic carbocycles. The average Bonchev–Trinajstić information content (AvgIpc) is 2.90. The van der Waals surface area contributed by atoms with Crippen LogP contribution in [0, 0.1) is 13.8 Å². The maximum atomic E-state index is 13.6. The van der Waals surface area contributed by atoms with Crippen molar-refractivity contribution in [2.24, 2.45) is 0 Å².